The molecule has 0 unspecified atom stereocenters. The molecule has 9 nitrogen and oxygen atoms in total. The van der Waals surface area contributed by atoms with Gasteiger partial charge in [-0.05, 0) is 47.0 Å². The Labute approximate surface area is 187 Å². The molecule has 0 bridgehead atoms. The molecule has 9 heteroatoms. The molecule has 1 aliphatic rings. The van der Waals surface area contributed by atoms with Crippen LogP contribution >= 0.6 is 0 Å². The second kappa shape index (κ2) is 13.2. The molecule has 2 N–H and O–H groups in total. The second-order valence-corrected chi connectivity index (χ2v) is 9.08. The molecule has 0 aromatic rings. The predicted molar refractivity (Wildman–Crippen MR) is 123 cm³/mol. The molecule has 1 aliphatic heterocycles. The molecular formula is C22H41N5O4. The van der Waals surface area contributed by atoms with Crippen LogP contribution in [0.5, 0.6) is 0 Å². The highest BCUT2D eigenvalue weighted by Gasteiger charge is 2.22. The number of carbonyl (C=O) groups is 2. The normalized spacial score (nSPS) is 15.4. The topological polar surface area (TPSA) is 95.5 Å². The Morgan fingerprint density at radius 3 is 2.39 bits per heavy atom. The zero-order valence-corrected chi connectivity index (χ0v) is 20.1. The molecule has 1 saturated heterocycles. The quantitative estimate of drug-likeness (QED) is 0.247. The first kappa shape index (κ1) is 26.7. The Kier molecular flexibility index (Phi) is 11.4. The standard InChI is InChI=1S/C22H41N5O4/c1-17(2)15-24-20(25-16-19(28)26(6)7)27-12-9-18(10-13-27)30-14-8-11-23-21(29)31-22(3,4)5/h18H,1,8-16H2,2-7H3,(H,23,29)(H,24,25). The minimum absolute atomic E-state index is 0.0344. The van der Waals surface area contributed by atoms with E-state index in [0.717, 1.165) is 43.9 Å². The smallest absolute Gasteiger partial charge is 0.407 e. The van der Waals surface area contributed by atoms with E-state index in [4.69, 9.17) is 9.47 Å². The second-order valence-electron chi connectivity index (χ2n) is 9.08. The van der Waals surface area contributed by atoms with Crippen LogP contribution in [0.1, 0.15) is 47.0 Å². The van der Waals surface area contributed by atoms with E-state index in [-0.39, 0.29) is 18.6 Å². The summed E-state index contributed by atoms with van der Waals surface area (Å²) in [6, 6.07) is 0. The number of rotatable bonds is 9. The number of likely N-dealkylation sites (tertiary alicyclic amines) is 1. The zero-order chi connectivity index (χ0) is 23.4. The summed E-state index contributed by atoms with van der Waals surface area (Å²) in [5.74, 6) is 0.700. The summed E-state index contributed by atoms with van der Waals surface area (Å²) < 4.78 is 11.2. The van der Waals surface area contributed by atoms with E-state index < -0.39 is 11.7 Å². The van der Waals surface area contributed by atoms with Crippen molar-refractivity contribution in [2.24, 2.45) is 4.99 Å². The number of amides is 2. The number of hydrogen-bond donors (Lipinski definition) is 2. The average molecular weight is 440 g/mol. The van der Waals surface area contributed by atoms with Crippen molar-refractivity contribution >= 4 is 18.0 Å². The Morgan fingerprint density at radius 1 is 1.19 bits per heavy atom. The van der Waals surface area contributed by atoms with Crippen LogP contribution in [0.3, 0.4) is 0 Å². The van der Waals surface area contributed by atoms with E-state index in [0.29, 0.717) is 19.7 Å². The van der Waals surface area contributed by atoms with Crippen molar-refractivity contribution in [2.45, 2.75) is 58.7 Å². The van der Waals surface area contributed by atoms with Crippen LogP contribution < -0.4 is 10.6 Å². The van der Waals surface area contributed by atoms with Gasteiger partial charge in [-0.3, -0.25) is 4.79 Å². The van der Waals surface area contributed by atoms with E-state index in [1.807, 2.05) is 27.7 Å². The summed E-state index contributed by atoms with van der Waals surface area (Å²) in [7, 11) is 3.45. The van der Waals surface area contributed by atoms with Crippen molar-refractivity contribution in [2.75, 3.05) is 53.4 Å². The van der Waals surface area contributed by atoms with Crippen molar-refractivity contribution in [3.05, 3.63) is 12.2 Å². The Bertz CT molecular complexity index is 620. The SMILES string of the molecule is C=C(C)CNC(=NCC(=O)N(C)C)N1CCC(OCCCNC(=O)OC(C)(C)C)CC1. The van der Waals surface area contributed by atoms with Crippen molar-refractivity contribution in [1.29, 1.82) is 0 Å². The highest BCUT2D eigenvalue weighted by Crippen LogP contribution is 2.14. The van der Waals surface area contributed by atoms with Crippen LogP contribution in [-0.2, 0) is 14.3 Å². The van der Waals surface area contributed by atoms with Gasteiger partial charge in [0, 0.05) is 46.9 Å². The van der Waals surface area contributed by atoms with Crippen molar-refractivity contribution in [1.82, 2.24) is 20.4 Å². The summed E-state index contributed by atoms with van der Waals surface area (Å²) >= 11 is 0. The van der Waals surface area contributed by atoms with Crippen LogP contribution in [0.25, 0.3) is 0 Å². The summed E-state index contributed by atoms with van der Waals surface area (Å²) in [5.41, 5.74) is 0.514. The summed E-state index contributed by atoms with van der Waals surface area (Å²) in [4.78, 5) is 31.7. The van der Waals surface area contributed by atoms with Gasteiger partial charge in [-0.1, -0.05) is 12.2 Å². The predicted octanol–water partition coefficient (Wildman–Crippen LogP) is 1.99. The minimum Gasteiger partial charge on any atom is -0.444 e. The molecule has 0 aromatic heterocycles. The first-order valence-corrected chi connectivity index (χ1v) is 10.9. The highest BCUT2D eigenvalue weighted by atomic mass is 16.6. The zero-order valence-electron chi connectivity index (χ0n) is 20.1. The Morgan fingerprint density at radius 2 is 1.84 bits per heavy atom. The van der Waals surface area contributed by atoms with E-state index in [9.17, 15) is 9.59 Å². The van der Waals surface area contributed by atoms with Crippen molar-refractivity contribution in [3.63, 3.8) is 0 Å². The van der Waals surface area contributed by atoms with Crippen LogP contribution in [0.4, 0.5) is 4.79 Å². The van der Waals surface area contributed by atoms with Gasteiger partial charge in [-0.15, -0.1) is 0 Å². The van der Waals surface area contributed by atoms with Crippen LogP contribution in [0, 0.1) is 0 Å². The number of likely N-dealkylation sites (N-methyl/N-ethyl adjacent to an activating group) is 1. The van der Waals surface area contributed by atoms with E-state index in [1.54, 1.807) is 14.1 Å². The third-order valence-corrected chi connectivity index (χ3v) is 4.50. The van der Waals surface area contributed by atoms with E-state index in [1.165, 1.54) is 4.90 Å². The van der Waals surface area contributed by atoms with E-state index in [2.05, 4.69) is 27.1 Å². The highest BCUT2D eigenvalue weighted by molar-refractivity contribution is 5.85. The molecule has 0 saturated carbocycles. The van der Waals surface area contributed by atoms with Gasteiger partial charge in [0.25, 0.3) is 0 Å². The molecular weight excluding hydrogens is 398 g/mol. The molecule has 1 rings (SSSR count). The number of aliphatic imine (C=N–C) groups is 1. The van der Waals surface area contributed by atoms with Gasteiger partial charge in [-0.2, -0.15) is 0 Å². The maximum Gasteiger partial charge on any atom is 0.407 e. The number of guanidine groups is 1. The fraction of sp³-hybridized carbons (Fsp3) is 0.773. The number of nitrogens with zero attached hydrogens (tertiary/aromatic N) is 3. The lowest BCUT2D eigenvalue weighted by Gasteiger charge is -2.34. The monoisotopic (exact) mass is 439 g/mol. The molecule has 0 aromatic carbocycles. The first-order valence-electron chi connectivity index (χ1n) is 10.9. The molecule has 0 atom stereocenters. The van der Waals surface area contributed by atoms with Gasteiger partial charge in [-0.25, -0.2) is 9.79 Å². The van der Waals surface area contributed by atoms with Gasteiger partial charge in [0.15, 0.2) is 5.96 Å². The Balaban J connectivity index is 2.37. The molecule has 2 amide bonds. The average Bonchev–Trinajstić information content (AvgIpc) is 2.66. The number of piperidine rings is 1. The molecule has 0 aliphatic carbocycles. The lowest BCUT2D eigenvalue weighted by Crippen LogP contribution is -2.47. The third kappa shape index (κ3) is 12.2. The molecule has 1 heterocycles. The molecule has 1 fully saturated rings. The van der Waals surface area contributed by atoms with Crippen LogP contribution in [0.2, 0.25) is 0 Å². The van der Waals surface area contributed by atoms with Gasteiger partial charge < -0.3 is 29.9 Å². The number of nitrogens with one attached hydrogen (secondary N) is 2. The van der Waals surface area contributed by atoms with Crippen molar-refractivity contribution in [3.8, 4) is 0 Å². The van der Waals surface area contributed by atoms with Crippen molar-refractivity contribution < 1.29 is 19.1 Å². The summed E-state index contributed by atoms with van der Waals surface area (Å²) in [6.45, 7) is 14.9. The minimum atomic E-state index is -0.490. The molecule has 31 heavy (non-hydrogen) atoms. The number of carbonyl (C=O) groups excluding carboxylic acids is 2. The maximum absolute atomic E-state index is 11.9. The van der Waals surface area contributed by atoms with E-state index >= 15 is 0 Å². The van der Waals surface area contributed by atoms with Crippen LogP contribution in [-0.4, -0.2) is 92.9 Å². The number of ether oxygens (including phenoxy) is 2. The largest absolute Gasteiger partial charge is 0.444 e. The fourth-order valence-electron chi connectivity index (χ4n) is 2.84. The fourth-order valence-corrected chi connectivity index (χ4v) is 2.84. The molecule has 0 radical (unpaired) electrons. The van der Waals surface area contributed by atoms with Gasteiger partial charge in [0.05, 0.1) is 6.10 Å². The molecule has 0 spiro atoms. The third-order valence-electron chi connectivity index (χ3n) is 4.50. The first-order chi connectivity index (χ1) is 14.5. The lowest BCUT2D eigenvalue weighted by atomic mass is 10.1. The summed E-state index contributed by atoms with van der Waals surface area (Å²) in [5, 5.41) is 6.04. The summed E-state index contributed by atoms with van der Waals surface area (Å²) in [6.07, 6.45) is 2.29. The van der Waals surface area contributed by atoms with Gasteiger partial charge >= 0.3 is 6.09 Å². The molecule has 178 valence electrons. The van der Waals surface area contributed by atoms with Gasteiger partial charge in [0.2, 0.25) is 5.91 Å². The van der Waals surface area contributed by atoms with Crippen LogP contribution in [0.15, 0.2) is 17.1 Å². The lowest BCUT2D eigenvalue weighted by molar-refractivity contribution is -0.127. The van der Waals surface area contributed by atoms with Gasteiger partial charge in [0.1, 0.15) is 12.1 Å². The maximum atomic E-state index is 11.9. The number of alkyl carbamates (subject to hydrolysis) is 1. The Hall–Kier alpha value is -2.29. The number of hydrogen-bond acceptors (Lipinski definition) is 5.